The van der Waals surface area contributed by atoms with Gasteiger partial charge in [-0.2, -0.15) is 0 Å². The van der Waals surface area contributed by atoms with E-state index in [2.05, 4.69) is 34.2 Å². The van der Waals surface area contributed by atoms with E-state index in [9.17, 15) is 4.79 Å². The van der Waals surface area contributed by atoms with Crippen molar-refractivity contribution in [1.29, 1.82) is 0 Å². The van der Waals surface area contributed by atoms with Crippen LogP contribution in [0.4, 0.5) is 0 Å². The summed E-state index contributed by atoms with van der Waals surface area (Å²) in [6.07, 6.45) is 0. The van der Waals surface area contributed by atoms with Gasteiger partial charge >= 0.3 is 5.63 Å². The first-order valence-corrected chi connectivity index (χ1v) is 9.08. The van der Waals surface area contributed by atoms with Crippen molar-refractivity contribution >= 4 is 26.9 Å². The third-order valence-corrected chi connectivity index (χ3v) is 5.05. The second-order valence-electron chi connectivity index (χ2n) is 6.08. The maximum absolute atomic E-state index is 11.9. The standard InChI is InChI=1S/C20H20BrNO4/c1-12(13-4-7-18(25-3)17(21)8-13)22-11-14-9-20(23)26-19-10-15(24-2)5-6-16(14)19/h4-10,12,22H,11H2,1-3H3/p+1/t12-/m1/s1. The molecule has 0 fully saturated rings. The van der Waals surface area contributed by atoms with E-state index in [1.54, 1.807) is 26.4 Å². The van der Waals surface area contributed by atoms with Crippen LogP contribution in [-0.4, -0.2) is 14.2 Å². The number of rotatable bonds is 6. The Bertz CT molecular complexity index is 983. The van der Waals surface area contributed by atoms with Crippen molar-refractivity contribution in [1.82, 2.24) is 0 Å². The Labute approximate surface area is 160 Å². The van der Waals surface area contributed by atoms with Crippen LogP contribution in [0.25, 0.3) is 11.0 Å². The third kappa shape index (κ3) is 3.92. The number of benzene rings is 2. The molecule has 0 amide bonds. The number of hydrogen-bond acceptors (Lipinski definition) is 4. The minimum atomic E-state index is -0.353. The van der Waals surface area contributed by atoms with Gasteiger partial charge in [0.25, 0.3) is 0 Å². The van der Waals surface area contributed by atoms with Crippen molar-refractivity contribution in [3.63, 3.8) is 0 Å². The summed E-state index contributed by atoms with van der Waals surface area (Å²) in [4.78, 5) is 11.9. The van der Waals surface area contributed by atoms with Gasteiger partial charge in [-0.05, 0) is 53.2 Å². The van der Waals surface area contributed by atoms with Crippen LogP contribution in [-0.2, 0) is 6.54 Å². The van der Waals surface area contributed by atoms with Gasteiger partial charge in [0.05, 0.1) is 18.7 Å². The van der Waals surface area contributed by atoms with Gasteiger partial charge in [-0.1, -0.05) is 0 Å². The molecule has 0 saturated carbocycles. The molecule has 0 aliphatic rings. The second-order valence-corrected chi connectivity index (χ2v) is 6.93. The Hall–Kier alpha value is -2.31. The molecule has 0 radical (unpaired) electrons. The van der Waals surface area contributed by atoms with Crippen LogP contribution in [0.1, 0.15) is 24.1 Å². The number of methoxy groups -OCH3 is 2. The number of halogens is 1. The fraction of sp³-hybridized carbons (Fsp3) is 0.250. The molecular formula is C20H21BrNO4+. The van der Waals surface area contributed by atoms with Crippen molar-refractivity contribution in [2.24, 2.45) is 0 Å². The van der Waals surface area contributed by atoms with Crippen molar-refractivity contribution in [2.45, 2.75) is 19.5 Å². The van der Waals surface area contributed by atoms with E-state index < -0.39 is 0 Å². The third-order valence-electron chi connectivity index (χ3n) is 4.43. The SMILES string of the molecule is COc1ccc2c(C[NH2+][C@H](C)c3ccc(OC)c(Br)c3)cc(=O)oc2c1. The molecule has 1 heterocycles. The van der Waals surface area contributed by atoms with E-state index in [1.807, 2.05) is 24.3 Å². The van der Waals surface area contributed by atoms with E-state index in [0.717, 1.165) is 21.2 Å². The maximum Gasteiger partial charge on any atom is 0.336 e. The summed E-state index contributed by atoms with van der Waals surface area (Å²) in [5.74, 6) is 1.47. The zero-order valence-electron chi connectivity index (χ0n) is 14.9. The van der Waals surface area contributed by atoms with Crippen LogP contribution in [0.15, 0.2) is 56.1 Å². The normalized spacial score (nSPS) is 12.2. The molecule has 1 atom stereocenters. The van der Waals surface area contributed by atoms with Gasteiger partial charge in [-0.3, -0.25) is 0 Å². The molecule has 2 aromatic carbocycles. The Morgan fingerprint density at radius 3 is 2.62 bits per heavy atom. The zero-order valence-corrected chi connectivity index (χ0v) is 16.5. The van der Waals surface area contributed by atoms with Gasteiger partial charge in [0, 0.05) is 28.6 Å². The number of nitrogens with two attached hydrogens (primary N) is 1. The lowest BCUT2D eigenvalue weighted by molar-refractivity contribution is -0.707. The predicted octanol–water partition coefficient (Wildman–Crippen LogP) is 3.40. The average molecular weight is 419 g/mol. The molecule has 136 valence electrons. The van der Waals surface area contributed by atoms with Crippen LogP contribution in [0, 0.1) is 0 Å². The molecule has 5 nitrogen and oxygen atoms in total. The molecule has 1 aromatic heterocycles. The zero-order chi connectivity index (χ0) is 18.7. The van der Waals surface area contributed by atoms with Gasteiger partial charge in [0.2, 0.25) is 0 Å². The van der Waals surface area contributed by atoms with E-state index >= 15 is 0 Å². The van der Waals surface area contributed by atoms with Gasteiger partial charge in [0.15, 0.2) is 0 Å². The summed E-state index contributed by atoms with van der Waals surface area (Å²) in [6, 6.07) is 13.4. The highest BCUT2D eigenvalue weighted by molar-refractivity contribution is 9.10. The molecule has 0 aliphatic heterocycles. The monoisotopic (exact) mass is 418 g/mol. The summed E-state index contributed by atoms with van der Waals surface area (Å²) in [6.45, 7) is 2.80. The summed E-state index contributed by atoms with van der Waals surface area (Å²) in [5.41, 5.74) is 2.30. The van der Waals surface area contributed by atoms with Crippen LogP contribution in [0.5, 0.6) is 11.5 Å². The van der Waals surface area contributed by atoms with E-state index in [1.165, 1.54) is 5.56 Å². The van der Waals surface area contributed by atoms with Crippen molar-refractivity contribution in [2.75, 3.05) is 14.2 Å². The van der Waals surface area contributed by atoms with Crippen molar-refractivity contribution < 1.29 is 19.2 Å². The topological polar surface area (TPSA) is 65.3 Å². The van der Waals surface area contributed by atoms with Crippen LogP contribution < -0.4 is 20.4 Å². The fourth-order valence-corrected chi connectivity index (χ4v) is 3.47. The van der Waals surface area contributed by atoms with Crippen LogP contribution in [0.2, 0.25) is 0 Å². The van der Waals surface area contributed by atoms with Crippen molar-refractivity contribution in [3.05, 3.63) is 68.5 Å². The Morgan fingerprint density at radius 1 is 1.12 bits per heavy atom. The average Bonchev–Trinajstić information content (AvgIpc) is 2.64. The molecular weight excluding hydrogens is 398 g/mol. The lowest BCUT2D eigenvalue weighted by Gasteiger charge is -2.13. The molecule has 0 spiro atoms. The van der Waals surface area contributed by atoms with Crippen molar-refractivity contribution in [3.8, 4) is 11.5 Å². The lowest BCUT2D eigenvalue weighted by atomic mass is 10.1. The quantitative estimate of drug-likeness (QED) is 0.623. The Balaban J connectivity index is 1.83. The smallest absolute Gasteiger partial charge is 0.336 e. The molecule has 0 bridgehead atoms. The van der Waals surface area contributed by atoms with Gasteiger partial charge < -0.3 is 19.2 Å². The molecule has 0 saturated heterocycles. The molecule has 0 aliphatic carbocycles. The van der Waals surface area contributed by atoms with Gasteiger partial charge in [0.1, 0.15) is 29.7 Å². The molecule has 3 rings (SSSR count). The summed E-state index contributed by atoms with van der Waals surface area (Å²) in [7, 11) is 3.24. The Morgan fingerprint density at radius 2 is 1.92 bits per heavy atom. The largest absolute Gasteiger partial charge is 0.497 e. The first kappa shape index (κ1) is 18.5. The summed E-state index contributed by atoms with van der Waals surface area (Å²) >= 11 is 3.52. The number of quaternary nitrogens is 1. The van der Waals surface area contributed by atoms with Gasteiger partial charge in [-0.15, -0.1) is 0 Å². The highest BCUT2D eigenvalue weighted by Gasteiger charge is 2.14. The van der Waals surface area contributed by atoms with Crippen LogP contribution >= 0.6 is 15.9 Å². The van der Waals surface area contributed by atoms with E-state index in [0.29, 0.717) is 17.9 Å². The Kier molecular flexibility index (Phi) is 5.64. The molecule has 6 heteroatoms. The fourth-order valence-electron chi connectivity index (χ4n) is 2.91. The molecule has 3 aromatic rings. The lowest BCUT2D eigenvalue weighted by Crippen LogP contribution is -2.83. The summed E-state index contributed by atoms with van der Waals surface area (Å²) in [5, 5.41) is 3.11. The first-order valence-electron chi connectivity index (χ1n) is 8.29. The molecule has 0 unspecified atom stereocenters. The van der Waals surface area contributed by atoms with Gasteiger partial charge in [-0.25, -0.2) is 4.79 Å². The molecule has 26 heavy (non-hydrogen) atoms. The number of hydrogen-bond donors (Lipinski definition) is 1. The minimum Gasteiger partial charge on any atom is -0.497 e. The van der Waals surface area contributed by atoms with Crippen LogP contribution in [0.3, 0.4) is 0 Å². The van der Waals surface area contributed by atoms with E-state index in [-0.39, 0.29) is 11.7 Å². The highest BCUT2D eigenvalue weighted by atomic mass is 79.9. The maximum atomic E-state index is 11.9. The summed E-state index contributed by atoms with van der Waals surface area (Å²) < 4.78 is 16.7. The minimum absolute atomic E-state index is 0.220. The first-order chi connectivity index (χ1) is 12.5. The predicted molar refractivity (Wildman–Crippen MR) is 104 cm³/mol. The number of ether oxygens (including phenoxy) is 2. The molecule has 2 N–H and O–H groups in total. The van der Waals surface area contributed by atoms with E-state index in [4.69, 9.17) is 13.9 Å². The highest BCUT2D eigenvalue weighted by Crippen LogP contribution is 2.27. The second kappa shape index (κ2) is 7.93. The number of fused-ring (bicyclic) bond motifs is 1.